The lowest BCUT2D eigenvalue weighted by Gasteiger charge is -2.41. The maximum atomic E-state index is 11.7. The van der Waals surface area contributed by atoms with Crippen molar-refractivity contribution < 1.29 is 13.5 Å². The molecule has 102 valence electrons. The molecule has 2 atom stereocenters. The van der Waals surface area contributed by atoms with Crippen LogP contribution in [0.2, 0.25) is 0 Å². The van der Waals surface area contributed by atoms with Crippen LogP contribution in [0.5, 0.6) is 0 Å². The second-order valence-electron chi connectivity index (χ2n) is 5.33. The Bertz CT molecular complexity index is 547. The van der Waals surface area contributed by atoms with Crippen molar-refractivity contribution >= 4 is 21.2 Å². The third-order valence-corrected chi connectivity index (χ3v) is 7.16. The van der Waals surface area contributed by atoms with E-state index < -0.39 is 20.9 Å². The highest BCUT2D eigenvalue weighted by Gasteiger charge is 2.54. The van der Waals surface area contributed by atoms with E-state index in [2.05, 4.69) is 0 Å². The first-order chi connectivity index (χ1) is 8.24. The molecule has 1 fully saturated rings. The molecule has 0 aliphatic carbocycles. The predicted octanol–water partition coefficient (Wildman–Crippen LogP) is 1.03. The van der Waals surface area contributed by atoms with Gasteiger partial charge in [-0.2, -0.15) is 0 Å². The molecule has 0 bridgehead atoms. The van der Waals surface area contributed by atoms with Crippen molar-refractivity contribution in [3.05, 3.63) is 21.9 Å². The number of hydrogen-bond donors (Lipinski definition) is 2. The lowest BCUT2D eigenvalue weighted by Crippen LogP contribution is -2.49. The van der Waals surface area contributed by atoms with Gasteiger partial charge >= 0.3 is 0 Å². The molecule has 3 N–H and O–H groups in total. The number of thiophene rings is 1. The van der Waals surface area contributed by atoms with Crippen LogP contribution in [0.1, 0.15) is 23.8 Å². The highest BCUT2D eigenvalue weighted by Crippen LogP contribution is 2.49. The van der Waals surface area contributed by atoms with Gasteiger partial charge in [0.25, 0.3) is 0 Å². The lowest BCUT2D eigenvalue weighted by molar-refractivity contribution is -0.0556. The first kappa shape index (κ1) is 14.0. The van der Waals surface area contributed by atoms with Gasteiger partial charge in [0.1, 0.15) is 5.60 Å². The van der Waals surface area contributed by atoms with Crippen molar-refractivity contribution in [1.29, 1.82) is 0 Å². The van der Waals surface area contributed by atoms with Crippen LogP contribution in [0.25, 0.3) is 0 Å². The van der Waals surface area contributed by atoms with E-state index in [9.17, 15) is 13.5 Å². The quantitative estimate of drug-likeness (QED) is 0.871. The van der Waals surface area contributed by atoms with Gasteiger partial charge < -0.3 is 10.8 Å². The van der Waals surface area contributed by atoms with Gasteiger partial charge in [0.2, 0.25) is 0 Å². The average molecular weight is 289 g/mol. The highest BCUT2D eigenvalue weighted by atomic mass is 32.2. The van der Waals surface area contributed by atoms with Gasteiger partial charge in [0, 0.05) is 16.8 Å². The summed E-state index contributed by atoms with van der Waals surface area (Å²) in [5, 5.41) is 12.8. The van der Waals surface area contributed by atoms with Crippen LogP contribution in [-0.4, -0.2) is 31.6 Å². The van der Waals surface area contributed by atoms with E-state index >= 15 is 0 Å². The molecule has 0 spiro atoms. The standard InChI is InChI=1S/C12H19NO3S2/c1-9-3-5-17-10(9)11(2,14)12(7-13)4-6-18(15,16)8-12/h3,5,14H,4,6-8,13H2,1-2H3. The highest BCUT2D eigenvalue weighted by molar-refractivity contribution is 7.91. The summed E-state index contributed by atoms with van der Waals surface area (Å²) < 4.78 is 23.5. The Hall–Kier alpha value is -0.430. The number of hydrogen-bond acceptors (Lipinski definition) is 5. The molecule has 4 nitrogen and oxygen atoms in total. The molecular weight excluding hydrogens is 270 g/mol. The summed E-state index contributed by atoms with van der Waals surface area (Å²) in [7, 11) is -3.09. The fourth-order valence-electron chi connectivity index (χ4n) is 2.77. The van der Waals surface area contributed by atoms with Crippen molar-refractivity contribution in [3.8, 4) is 0 Å². The van der Waals surface area contributed by atoms with Gasteiger partial charge in [-0.3, -0.25) is 0 Å². The number of sulfone groups is 1. The van der Waals surface area contributed by atoms with Crippen molar-refractivity contribution in [2.24, 2.45) is 11.1 Å². The number of aryl methyl sites for hydroxylation is 1. The summed E-state index contributed by atoms with van der Waals surface area (Å²) in [4.78, 5) is 0.824. The van der Waals surface area contributed by atoms with Gasteiger partial charge in [-0.15, -0.1) is 11.3 Å². The van der Waals surface area contributed by atoms with Crippen LogP contribution in [-0.2, 0) is 15.4 Å². The summed E-state index contributed by atoms with van der Waals surface area (Å²) in [6.07, 6.45) is 0.427. The van der Waals surface area contributed by atoms with E-state index in [1.54, 1.807) is 6.92 Å². The largest absolute Gasteiger partial charge is 0.384 e. The minimum Gasteiger partial charge on any atom is -0.384 e. The predicted molar refractivity (Wildman–Crippen MR) is 73.4 cm³/mol. The molecule has 6 heteroatoms. The summed E-state index contributed by atoms with van der Waals surface area (Å²) >= 11 is 1.46. The molecule has 18 heavy (non-hydrogen) atoms. The Morgan fingerprint density at radius 2 is 2.28 bits per heavy atom. The topological polar surface area (TPSA) is 80.4 Å². The zero-order chi connectivity index (χ0) is 13.6. The molecule has 2 rings (SSSR count). The van der Waals surface area contributed by atoms with E-state index in [4.69, 9.17) is 5.73 Å². The maximum absolute atomic E-state index is 11.7. The minimum absolute atomic E-state index is 0.0269. The smallest absolute Gasteiger partial charge is 0.151 e. The second kappa shape index (κ2) is 4.30. The number of aliphatic hydroxyl groups is 1. The third kappa shape index (κ3) is 2.01. The van der Waals surface area contributed by atoms with Crippen molar-refractivity contribution in [2.75, 3.05) is 18.1 Å². The lowest BCUT2D eigenvalue weighted by atomic mass is 9.71. The molecule has 1 saturated heterocycles. The maximum Gasteiger partial charge on any atom is 0.151 e. The van der Waals surface area contributed by atoms with Crippen molar-refractivity contribution in [1.82, 2.24) is 0 Å². The monoisotopic (exact) mass is 289 g/mol. The van der Waals surface area contributed by atoms with Crippen molar-refractivity contribution in [3.63, 3.8) is 0 Å². The van der Waals surface area contributed by atoms with Crippen molar-refractivity contribution in [2.45, 2.75) is 25.9 Å². The van der Waals surface area contributed by atoms with Gasteiger partial charge in [0.05, 0.1) is 11.5 Å². The molecule has 0 saturated carbocycles. The SMILES string of the molecule is Cc1ccsc1C(C)(O)C1(CN)CCS(=O)(=O)C1. The van der Waals surface area contributed by atoms with Gasteiger partial charge in [0.15, 0.2) is 9.84 Å². The molecule has 2 heterocycles. The Balaban J connectivity index is 2.48. The molecule has 1 aromatic rings. The second-order valence-corrected chi connectivity index (χ2v) is 8.43. The van der Waals surface area contributed by atoms with Gasteiger partial charge in [-0.1, -0.05) is 0 Å². The molecule has 1 aliphatic rings. The van der Waals surface area contributed by atoms with Gasteiger partial charge in [-0.05, 0) is 37.3 Å². The molecule has 1 aliphatic heterocycles. The van der Waals surface area contributed by atoms with E-state index in [-0.39, 0.29) is 18.1 Å². The Labute approximate surface area is 112 Å². The van der Waals surface area contributed by atoms with Crippen LogP contribution < -0.4 is 5.73 Å². The van der Waals surface area contributed by atoms with E-state index in [1.165, 1.54) is 11.3 Å². The third-order valence-electron chi connectivity index (χ3n) is 4.12. The normalized spacial score (nSPS) is 30.2. The van der Waals surface area contributed by atoms with Crippen LogP contribution in [0.3, 0.4) is 0 Å². The molecule has 0 radical (unpaired) electrons. The van der Waals surface area contributed by atoms with Crippen LogP contribution in [0.4, 0.5) is 0 Å². The Morgan fingerprint density at radius 3 is 2.67 bits per heavy atom. The zero-order valence-electron chi connectivity index (χ0n) is 10.6. The van der Waals surface area contributed by atoms with Gasteiger partial charge in [-0.25, -0.2) is 8.42 Å². The zero-order valence-corrected chi connectivity index (χ0v) is 12.3. The van der Waals surface area contributed by atoms with E-state index in [0.29, 0.717) is 6.42 Å². The summed E-state index contributed by atoms with van der Waals surface area (Å²) in [6.45, 7) is 3.80. The fraction of sp³-hybridized carbons (Fsp3) is 0.667. The van der Waals surface area contributed by atoms with Crippen LogP contribution in [0, 0.1) is 12.3 Å². The number of nitrogens with two attached hydrogens (primary N) is 1. The molecule has 0 aromatic carbocycles. The first-order valence-corrected chi connectivity index (χ1v) is 8.62. The molecule has 2 unspecified atom stereocenters. The average Bonchev–Trinajstić information content (AvgIpc) is 2.83. The molecule has 1 aromatic heterocycles. The number of rotatable bonds is 3. The van der Waals surface area contributed by atoms with E-state index in [1.807, 2.05) is 18.4 Å². The Morgan fingerprint density at radius 1 is 1.61 bits per heavy atom. The van der Waals surface area contributed by atoms with Crippen LogP contribution >= 0.6 is 11.3 Å². The fourth-order valence-corrected chi connectivity index (χ4v) is 6.11. The van der Waals surface area contributed by atoms with E-state index in [0.717, 1.165) is 10.4 Å². The summed E-state index contributed by atoms with van der Waals surface area (Å²) in [6, 6.07) is 1.93. The van der Waals surface area contributed by atoms with Crippen LogP contribution in [0.15, 0.2) is 11.4 Å². The summed E-state index contributed by atoms with van der Waals surface area (Å²) in [5.41, 5.74) is 4.85. The summed E-state index contributed by atoms with van der Waals surface area (Å²) in [5.74, 6) is 0.0889. The first-order valence-electron chi connectivity index (χ1n) is 5.92. The molecule has 0 amide bonds. The Kier molecular flexibility index (Phi) is 3.34. The minimum atomic E-state index is -3.09. The molecular formula is C12H19NO3S2.